The molecule has 0 aromatic rings. The number of unbranched alkanes of at least 4 members (excludes halogenated alkanes) is 1. The maximum atomic E-state index is 8.36. The molecule has 0 radical (unpaired) electrons. The third kappa shape index (κ3) is 8.58. The summed E-state index contributed by atoms with van der Waals surface area (Å²) in [6.45, 7) is 4.53. The molecule has 0 aromatic carbocycles. The van der Waals surface area contributed by atoms with Gasteiger partial charge in [0.2, 0.25) is 0 Å². The van der Waals surface area contributed by atoms with Crippen LogP contribution in [0.3, 0.4) is 0 Å². The highest BCUT2D eigenvalue weighted by Crippen LogP contribution is 2.00. The summed E-state index contributed by atoms with van der Waals surface area (Å²) in [6, 6.07) is 0. The van der Waals surface area contributed by atoms with Crippen LogP contribution in [-0.2, 0) is 0 Å². The van der Waals surface area contributed by atoms with Crippen molar-refractivity contribution in [3.05, 3.63) is 34.5 Å². The third-order valence-corrected chi connectivity index (χ3v) is 1.68. The van der Waals surface area contributed by atoms with Gasteiger partial charge >= 0.3 is 0 Å². The fourth-order valence-electron chi connectivity index (χ4n) is 1.03. The quantitative estimate of drug-likeness (QED) is 0.557. The number of allylic oxidation sites excluding steroid dienone is 2. The van der Waals surface area contributed by atoms with Crippen LogP contribution >= 0.6 is 0 Å². The molecule has 0 amide bonds. The van der Waals surface area contributed by atoms with E-state index in [-0.39, 0.29) is 0 Å². The van der Waals surface area contributed by atoms with Crippen LogP contribution in [0.25, 0.3) is 0 Å². The van der Waals surface area contributed by atoms with E-state index in [2.05, 4.69) is 36.3 Å². The molecule has 0 spiro atoms. The van der Waals surface area contributed by atoms with Crippen molar-refractivity contribution < 1.29 is 10.3 Å². The minimum Gasteiger partial charge on any atom is -0.374 e. The Balaban J connectivity index is 0.000000364. The molecule has 1 N–H and O–H groups in total. The fraction of sp³-hybridized carbons (Fsp3) is 0.556. The predicted octanol–water partition coefficient (Wildman–Crippen LogP) is 1.82. The van der Waals surface area contributed by atoms with Crippen molar-refractivity contribution in [2.75, 3.05) is 13.1 Å². The number of rotatable bonds is 3. The Labute approximate surface area is 83.4 Å². The lowest BCUT2D eigenvalue weighted by Gasteiger charge is -2.19. The second kappa shape index (κ2) is 8.10. The molecule has 0 fully saturated rings. The maximum Gasteiger partial charge on any atom is 0.291 e. The first-order chi connectivity index (χ1) is 6.66. The van der Waals surface area contributed by atoms with Crippen LogP contribution in [-0.4, -0.2) is 28.3 Å². The van der Waals surface area contributed by atoms with Crippen LogP contribution in [0.5, 0.6) is 0 Å². The molecular formula is C9H16N2O3. The Bertz CT molecular complexity index is 210. The first-order valence-electron chi connectivity index (χ1n) is 4.57. The molecular weight excluding hydrogens is 184 g/mol. The van der Waals surface area contributed by atoms with Gasteiger partial charge in [0, 0.05) is 13.1 Å². The minimum atomic E-state index is -1.50. The smallest absolute Gasteiger partial charge is 0.291 e. The van der Waals surface area contributed by atoms with Crippen molar-refractivity contribution in [1.82, 2.24) is 4.90 Å². The van der Waals surface area contributed by atoms with Crippen molar-refractivity contribution in [2.45, 2.75) is 19.8 Å². The van der Waals surface area contributed by atoms with E-state index < -0.39 is 5.09 Å². The molecule has 0 unspecified atom stereocenters. The topological polar surface area (TPSA) is 66.6 Å². The van der Waals surface area contributed by atoms with Crippen LogP contribution in [0.1, 0.15) is 19.8 Å². The van der Waals surface area contributed by atoms with E-state index in [9.17, 15) is 0 Å². The molecule has 5 nitrogen and oxygen atoms in total. The predicted molar refractivity (Wildman–Crippen MR) is 53.5 cm³/mol. The van der Waals surface area contributed by atoms with Gasteiger partial charge in [-0.1, -0.05) is 25.5 Å². The van der Waals surface area contributed by atoms with Crippen LogP contribution in [0.2, 0.25) is 0 Å². The van der Waals surface area contributed by atoms with Gasteiger partial charge in [0.1, 0.15) is 0 Å². The van der Waals surface area contributed by atoms with Gasteiger partial charge in [0.15, 0.2) is 0 Å². The molecule has 14 heavy (non-hydrogen) atoms. The summed E-state index contributed by atoms with van der Waals surface area (Å²) in [7, 11) is 0. The van der Waals surface area contributed by atoms with Crippen molar-refractivity contribution in [3.8, 4) is 0 Å². The fourth-order valence-corrected chi connectivity index (χ4v) is 1.03. The first-order valence-corrected chi connectivity index (χ1v) is 4.57. The van der Waals surface area contributed by atoms with E-state index in [4.69, 9.17) is 15.3 Å². The molecule has 5 heteroatoms. The van der Waals surface area contributed by atoms with Crippen molar-refractivity contribution in [3.63, 3.8) is 0 Å². The molecule has 0 aromatic heterocycles. The van der Waals surface area contributed by atoms with Crippen molar-refractivity contribution >= 4 is 0 Å². The number of nitrogens with zero attached hydrogens (tertiary/aromatic N) is 2. The highest BCUT2D eigenvalue weighted by atomic mass is 16.9. The number of hydrogen-bond donors (Lipinski definition) is 1. The summed E-state index contributed by atoms with van der Waals surface area (Å²) in [6.07, 6.45) is 11.1. The van der Waals surface area contributed by atoms with Gasteiger partial charge in [0.25, 0.3) is 5.09 Å². The van der Waals surface area contributed by atoms with Gasteiger partial charge in [-0.05, 0) is 18.7 Å². The summed E-state index contributed by atoms with van der Waals surface area (Å²) < 4.78 is 0. The van der Waals surface area contributed by atoms with Crippen LogP contribution in [0.15, 0.2) is 24.4 Å². The Hall–Kier alpha value is -1.52. The first kappa shape index (κ1) is 12.5. The van der Waals surface area contributed by atoms with Crippen molar-refractivity contribution in [2.24, 2.45) is 0 Å². The van der Waals surface area contributed by atoms with Gasteiger partial charge < -0.3 is 10.1 Å². The van der Waals surface area contributed by atoms with Gasteiger partial charge in [0.05, 0.1) is 0 Å². The maximum absolute atomic E-state index is 8.36. The van der Waals surface area contributed by atoms with Gasteiger partial charge in [-0.3, -0.25) is 0 Å². The zero-order chi connectivity index (χ0) is 10.8. The lowest BCUT2D eigenvalue weighted by Crippen LogP contribution is -2.19. The molecule has 0 bridgehead atoms. The molecule has 80 valence electrons. The number of hydrogen-bond acceptors (Lipinski definition) is 3. The van der Waals surface area contributed by atoms with E-state index in [1.807, 2.05) is 0 Å². The monoisotopic (exact) mass is 200 g/mol. The summed E-state index contributed by atoms with van der Waals surface area (Å²) in [5.74, 6) is 0. The van der Waals surface area contributed by atoms with E-state index in [1.165, 1.54) is 19.4 Å². The Morgan fingerprint density at radius 2 is 2.21 bits per heavy atom. The molecule has 0 aliphatic carbocycles. The minimum absolute atomic E-state index is 1.09. The molecule has 1 aliphatic heterocycles. The molecule has 0 saturated carbocycles. The zero-order valence-corrected chi connectivity index (χ0v) is 8.30. The lowest BCUT2D eigenvalue weighted by molar-refractivity contribution is -0.742. The third-order valence-electron chi connectivity index (χ3n) is 1.68. The molecule has 1 aliphatic rings. The largest absolute Gasteiger partial charge is 0.374 e. The summed E-state index contributed by atoms with van der Waals surface area (Å²) in [5.41, 5.74) is 0. The van der Waals surface area contributed by atoms with Gasteiger partial charge in [-0.15, -0.1) is 10.1 Å². The molecule has 0 saturated heterocycles. The standard InChI is InChI=1S/C9H15N.HNO3/c1-2-3-7-10-8-5-4-6-9-10;2-1(3)4/h4-6,8H,2-3,7,9H2,1H3;(H,2,3,4). The van der Waals surface area contributed by atoms with E-state index in [1.54, 1.807) is 0 Å². The van der Waals surface area contributed by atoms with Crippen LogP contribution in [0.4, 0.5) is 0 Å². The van der Waals surface area contributed by atoms with E-state index in [0.717, 1.165) is 6.54 Å². The summed E-state index contributed by atoms with van der Waals surface area (Å²) >= 11 is 0. The highest BCUT2D eigenvalue weighted by Gasteiger charge is 1.96. The molecule has 0 atom stereocenters. The Morgan fingerprint density at radius 1 is 1.57 bits per heavy atom. The van der Waals surface area contributed by atoms with E-state index >= 15 is 0 Å². The summed E-state index contributed by atoms with van der Waals surface area (Å²) in [4.78, 5) is 10.7. The average molecular weight is 200 g/mol. The summed E-state index contributed by atoms with van der Waals surface area (Å²) in [5, 5.41) is 13.6. The van der Waals surface area contributed by atoms with E-state index in [0.29, 0.717) is 0 Å². The van der Waals surface area contributed by atoms with Crippen LogP contribution < -0.4 is 0 Å². The molecule has 1 heterocycles. The van der Waals surface area contributed by atoms with Crippen molar-refractivity contribution in [1.29, 1.82) is 0 Å². The molecule has 1 rings (SSSR count). The highest BCUT2D eigenvalue weighted by molar-refractivity contribution is 5.08. The average Bonchev–Trinajstić information content (AvgIpc) is 2.15. The lowest BCUT2D eigenvalue weighted by atomic mass is 10.3. The Kier molecular flexibility index (Phi) is 7.22. The Morgan fingerprint density at radius 3 is 2.64 bits per heavy atom. The second-order valence-corrected chi connectivity index (χ2v) is 2.86. The SMILES string of the molecule is CCCCN1C=CC=CC1.O=[N+]([O-])O. The second-order valence-electron chi connectivity index (χ2n) is 2.86. The van der Waals surface area contributed by atoms with Gasteiger partial charge in [-0.2, -0.15) is 0 Å². The normalized spacial score (nSPS) is 13.4. The zero-order valence-electron chi connectivity index (χ0n) is 8.30. The van der Waals surface area contributed by atoms with Gasteiger partial charge in [-0.25, -0.2) is 0 Å². The van der Waals surface area contributed by atoms with Crippen LogP contribution in [0, 0.1) is 10.1 Å².